The second-order valence-electron chi connectivity index (χ2n) is 8.38. The molecule has 0 atom stereocenters. The summed E-state index contributed by atoms with van der Waals surface area (Å²) in [4.78, 5) is 12.5. The molecule has 1 aliphatic heterocycles. The zero-order valence-corrected chi connectivity index (χ0v) is 19.2. The summed E-state index contributed by atoms with van der Waals surface area (Å²) in [7, 11) is -3.41. The molecule has 1 amide bonds. The molecule has 2 aromatic carbocycles. The highest BCUT2D eigenvalue weighted by atomic mass is 32.2. The first kappa shape index (κ1) is 22.6. The Morgan fingerprint density at radius 3 is 2.47 bits per heavy atom. The Labute approximate surface area is 190 Å². The van der Waals surface area contributed by atoms with Crippen molar-refractivity contribution in [2.75, 3.05) is 19.6 Å². The van der Waals surface area contributed by atoms with E-state index in [1.165, 1.54) is 10.9 Å². The average molecular weight is 454 g/mol. The van der Waals surface area contributed by atoms with Crippen molar-refractivity contribution in [2.24, 2.45) is 0 Å². The predicted octanol–water partition coefficient (Wildman–Crippen LogP) is 3.96. The van der Waals surface area contributed by atoms with Gasteiger partial charge < -0.3 is 9.88 Å². The largest absolute Gasteiger partial charge is 0.356 e. The molecular formula is C25H31N3O3S. The fraction of sp³-hybridized carbons (Fsp3) is 0.400. The Bertz CT molecular complexity index is 1150. The van der Waals surface area contributed by atoms with Crippen molar-refractivity contribution in [1.29, 1.82) is 0 Å². The predicted molar refractivity (Wildman–Crippen MR) is 127 cm³/mol. The number of hydrogen-bond donors (Lipinski definition) is 1. The van der Waals surface area contributed by atoms with Gasteiger partial charge >= 0.3 is 0 Å². The molecule has 2 heterocycles. The molecule has 1 fully saturated rings. The van der Waals surface area contributed by atoms with E-state index in [0.717, 1.165) is 37.8 Å². The van der Waals surface area contributed by atoms with Crippen LogP contribution in [-0.4, -0.2) is 42.8 Å². The maximum atomic E-state index is 12.7. The summed E-state index contributed by atoms with van der Waals surface area (Å²) in [5, 5.41) is 4.22. The van der Waals surface area contributed by atoms with E-state index in [2.05, 4.69) is 34.3 Å². The number of amides is 1. The summed E-state index contributed by atoms with van der Waals surface area (Å²) in [6.07, 6.45) is 6.89. The monoisotopic (exact) mass is 453 g/mol. The van der Waals surface area contributed by atoms with Crippen molar-refractivity contribution >= 4 is 26.8 Å². The third kappa shape index (κ3) is 5.40. The summed E-state index contributed by atoms with van der Waals surface area (Å²) >= 11 is 0. The van der Waals surface area contributed by atoms with Crippen LogP contribution in [0.5, 0.6) is 0 Å². The van der Waals surface area contributed by atoms with E-state index in [0.29, 0.717) is 37.4 Å². The minimum Gasteiger partial charge on any atom is -0.356 e. The number of piperidine rings is 1. The zero-order chi connectivity index (χ0) is 22.4. The Hall–Kier alpha value is -2.64. The zero-order valence-electron chi connectivity index (χ0n) is 18.4. The SMILES string of the molecule is O=C(CCc1ccc(S(=O)(=O)N2CCCCC2)cc1)NCCCn1ccc2ccccc21. The summed E-state index contributed by atoms with van der Waals surface area (Å²) in [5.41, 5.74) is 2.18. The number of carbonyl (C=O) groups excluding carboxylic acids is 1. The molecule has 1 aromatic heterocycles. The average Bonchev–Trinajstić information content (AvgIpc) is 3.24. The quantitative estimate of drug-likeness (QED) is 0.499. The van der Waals surface area contributed by atoms with E-state index < -0.39 is 10.0 Å². The van der Waals surface area contributed by atoms with Crippen LogP contribution in [0.1, 0.15) is 37.7 Å². The molecule has 0 saturated carbocycles. The molecule has 1 saturated heterocycles. The van der Waals surface area contributed by atoms with Gasteiger partial charge in [0, 0.05) is 44.3 Å². The fourth-order valence-corrected chi connectivity index (χ4v) is 5.76. The molecule has 0 spiro atoms. The topological polar surface area (TPSA) is 71.4 Å². The molecule has 1 N–H and O–H groups in total. The van der Waals surface area contributed by atoms with Crippen LogP contribution in [0.4, 0.5) is 0 Å². The lowest BCUT2D eigenvalue weighted by atomic mass is 10.1. The van der Waals surface area contributed by atoms with Crippen LogP contribution < -0.4 is 5.32 Å². The number of para-hydroxylation sites is 1. The molecule has 0 bridgehead atoms. The lowest BCUT2D eigenvalue weighted by Crippen LogP contribution is -2.35. The summed E-state index contributed by atoms with van der Waals surface area (Å²) < 4.78 is 29.2. The maximum absolute atomic E-state index is 12.7. The molecule has 4 rings (SSSR count). The second kappa shape index (κ2) is 10.3. The molecule has 0 aliphatic carbocycles. The van der Waals surface area contributed by atoms with Gasteiger partial charge in [-0.25, -0.2) is 8.42 Å². The molecule has 1 aliphatic rings. The van der Waals surface area contributed by atoms with E-state index in [-0.39, 0.29) is 5.91 Å². The van der Waals surface area contributed by atoms with Gasteiger partial charge in [0.1, 0.15) is 0 Å². The van der Waals surface area contributed by atoms with E-state index in [1.54, 1.807) is 16.4 Å². The standard InChI is InChI=1S/C25H31N3O3S/c29-25(26-16-6-17-27-20-15-22-7-2-3-8-24(22)27)14-11-21-9-12-23(13-10-21)32(30,31)28-18-4-1-5-19-28/h2-3,7-10,12-13,15,20H,1,4-6,11,14,16-19H2,(H,26,29). The van der Waals surface area contributed by atoms with Crippen molar-refractivity contribution in [3.63, 3.8) is 0 Å². The first-order valence-electron chi connectivity index (χ1n) is 11.4. The highest BCUT2D eigenvalue weighted by Crippen LogP contribution is 2.21. The van der Waals surface area contributed by atoms with Gasteiger partial charge in [-0.1, -0.05) is 36.8 Å². The van der Waals surface area contributed by atoms with Gasteiger partial charge in [0.15, 0.2) is 0 Å². The number of aromatic nitrogens is 1. The molecule has 6 nitrogen and oxygen atoms in total. The van der Waals surface area contributed by atoms with E-state index in [9.17, 15) is 13.2 Å². The molecule has 0 unspecified atom stereocenters. The van der Waals surface area contributed by atoms with Gasteiger partial charge in [0.25, 0.3) is 0 Å². The third-order valence-electron chi connectivity index (χ3n) is 6.10. The summed E-state index contributed by atoms with van der Waals surface area (Å²) in [6, 6.07) is 17.4. The second-order valence-corrected chi connectivity index (χ2v) is 10.3. The molecule has 3 aromatic rings. The number of sulfonamides is 1. The lowest BCUT2D eigenvalue weighted by molar-refractivity contribution is -0.121. The van der Waals surface area contributed by atoms with Crippen molar-refractivity contribution in [3.05, 3.63) is 66.4 Å². The lowest BCUT2D eigenvalue weighted by Gasteiger charge is -2.25. The van der Waals surface area contributed by atoms with Crippen LogP contribution in [-0.2, 0) is 27.8 Å². The van der Waals surface area contributed by atoms with E-state index in [1.807, 2.05) is 24.3 Å². The smallest absolute Gasteiger partial charge is 0.243 e. The molecule has 0 radical (unpaired) electrons. The van der Waals surface area contributed by atoms with E-state index >= 15 is 0 Å². The van der Waals surface area contributed by atoms with Gasteiger partial charge in [0.05, 0.1) is 4.90 Å². The Balaban J connectivity index is 1.20. The van der Waals surface area contributed by atoms with Gasteiger partial charge in [-0.2, -0.15) is 4.31 Å². The van der Waals surface area contributed by atoms with Crippen LogP contribution in [0.25, 0.3) is 10.9 Å². The summed E-state index contributed by atoms with van der Waals surface area (Å²) in [5.74, 6) is 0.0207. The number of rotatable bonds is 9. The number of aryl methyl sites for hydroxylation is 2. The Morgan fingerprint density at radius 2 is 1.69 bits per heavy atom. The highest BCUT2D eigenvalue weighted by molar-refractivity contribution is 7.89. The van der Waals surface area contributed by atoms with Crippen LogP contribution >= 0.6 is 0 Å². The molecule has 32 heavy (non-hydrogen) atoms. The highest BCUT2D eigenvalue weighted by Gasteiger charge is 2.25. The van der Waals surface area contributed by atoms with Crippen LogP contribution in [0, 0.1) is 0 Å². The summed E-state index contributed by atoms with van der Waals surface area (Å²) in [6.45, 7) is 2.70. The van der Waals surface area contributed by atoms with Crippen molar-refractivity contribution in [2.45, 2.75) is 50.0 Å². The van der Waals surface area contributed by atoms with Crippen LogP contribution in [0.2, 0.25) is 0 Å². The minimum absolute atomic E-state index is 0.0207. The van der Waals surface area contributed by atoms with Gasteiger partial charge in [0.2, 0.25) is 15.9 Å². The van der Waals surface area contributed by atoms with E-state index in [4.69, 9.17) is 0 Å². The number of hydrogen-bond acceptors (Lipinski definition) is 3. The minimum atomic E-state index is -3.41. The maximum Gasteiger partial charge on any atom is 0.243 e. The van der Waals surface area contributed by atoms with Crippen molar-refractivity contribution in [1.82, 2.24) is 14.2 Å². The van der Waals surface area contributed by atoms with Gasteiger partial charge in [-0.05, 0) is 60.9 Å². The first-order valence-corrected chi connectivity index (χ1v) is 12.9. The van der Waals surface area contributed by atoms with Gasteiger partial charge in [-0.3, -0.25) is 4.79 Å². The fourth-order valence-electron chi connectivity index (χ4n) is 4.24. The van der Waals surface area contributed by atoms with Crippen LogP contribution in [0.15, 0.2) is 65.7 Å². The Kier molecular flexibility index (Phi) is 7.27. The number of fused-ring (bicyclic) bond motifs is 1. The third-order valence-corrected chi connectivity index (χ3v) is 8.01. The van der Waals surface area contributed by atoms with Crippen molar-refractivity contribution in [3.8, 4) is 0 Å². The van der Waals surface area contributed by atoms with Crippen LogP contribution in [0.3, 0.4) is 0 Å². The normalized spacial score (nSPS) is 15.1. The number of carbonyl (C=O) groups is 1. The van der Waals surface area contributed by atoms with Gasteiger partial charge in [-0.15, -0.1) is 0 Å². The Morgan fingerprint density at radius 1 is 0.938 bits per heavy atom. The molecule has 170 valence electrons. The molecular weight excluding hydrogens is 422 g/mol. The first-order chi connectivity index (χ1) is 15.5. The van der Waals surface area contributed by atoms with Crippen molar-refractivity contribution < 1.29 is 13.2 Å². The molecule has 7 heteroatoms. The number of nitrogens with one attached hydrogen (secondary N) is 1. The number of benzene rings is 2. The number of nitrogens with zero attached hydrogens (tertiary/aromatic N) is 2.